The van der Waals surface area contributed by atoms with Crippen molar-refractivity contribution in [3.05, 3.63) is 60.4 Å². The fourth-order valence-electron chi connectivity index (χ4n) is 1.91. The Bertz CT molecular complexity index is 578. The molecule has 0 aliphatic carbocycles. The molecule has 0 saturated heterocycles. The number of nitrogens with one attached hydrogen (secondary N) is 2. The van der Waals surface area contributed by atoms with Crippen LogP contribution in [0.3, 0.4) is 0 Å². The van der Waals surface area contributed by atoms with Gasteiger partial charge in [0.2, 0.25) is 0 Å². The standard InChI is InChI=1S/C17H22N4S.HI/c1-14(22-16-9-4-3-5-10-16)12-20-17(18-2)21-13-15-8-6-7-11-19-15;/h3-11,14H,12-13H2,1-2H3,(H2,18,20,21);1H. The summed E-state index contributed by atoms with van der Waals surface area (Å²) < 4.78 is 0. The molecule has 1 unspecified atom stereocenters. The molecule has 0 radical (unpaired) electrons. The van der Waals surface area contributed by atoms with E-state index in [9.17, 15) is 0 Å². The number of rotatable bonds is 6. The molecule has 2 aromatic rings. The summed E-state index contributed by atoms with van der Waals surface area (Å²) in [4.78, 5) is 9.81. The quantitative estimate of drug-likeness (QED) is 0.311. The summed E-state index contributed by atoms with van der Waals surface area (Å²) in [5.41, 5.74) is 0.997. The van der Waals surface area contributed by atoms with E-state index < -0.39 is 0 Å². The van der Waals surface area contributed by atoms with Gasteiger partial charge in [0.25, 0.3) is 0 Å². The Morgan fingerprint density at radius 3 is 2.52 bits per heavy atom. The molecule has 1 atom stereocenters. The van der Waals surface area contributed by atoms with E-state index in [0.717, 1.165) is 18.2 Å². The number of hydrogen-bond donors (Lipinski definition) is 2. The lowest BCUT2D eigenvalue weighted by Crippen LogP contribution is -2.39. The smallest absolute Gasteiger partial charge is 0.191 e. The third-order valence-electron chi connectivity index (χ3n) is 3.02. The molecule has 2 rings (SSSR count). The molecular formula is C17H23IN4S. The van der Waals surface area contributed by atoms with Crippen molar-refractivity contribution >= 4 is 41.7 Å². The maximum Gasteiger partial charge on any atom is 0.191 e. The third kappa shape index (κ3) is 7.69. The zero-order valence-electron chi connectivity index (χ0n) is 13.4. The number of guanidine groups is 1. The number of thioether (sulfide) groups is 1. The van der Waals surface area contributed by atoms with E-state index in [0.29, 0.717) is 11.8 Å². The van der Waals surface area contributed by atoms with Gasteiger partial charge in [0, 0.05) is 29.9 Å². The summed E-state index contributed by atoms with van der Waals surface area (Å²) in [7, 11) is 1.78. The van der Waals surface area contributed by atoms with Crippen LogP contribution in [-0.4, -0.2) is 29.8 Å². The van der Waals surface area contributed by atoms with E-state index >= 15 is 0 Å². The van der Waals surface area contributed by atoms with Gasteiger partial charge in [-0.05, 0) is 24.3 Å². The maximum absolute atomic E-state index is 4.29. The number of pyridine rings is 1. The van der Waals surface area contributed by atoms with E-state index in [1.807, 2.05) is 36.0 Å². The van der Waals surface area contributed by atoms with Crippen LogP contribution in [0.15, 0.2) is 64.6 Å². The minimum atomic E-state index is 0. The number of aromatic nitrogens is 1. The number of benzene rings is 1. The number of aliphatic imine (C=N–C) groups is 1. The number of nitrogens with zero attached hydrogens (tertiary/aromatic N) is 2. The Morgan fingerprint density at radius 2 is 1.87 bits per heavy atom. The maximum atomic E-state index is 4.29. The van der Waals surface area contributed by atoms with Gasteiger partial charge in [0.05, 0.1) is 12.2 Å². The summed E-state index contributed by atoms with van der Waals surface area (Å²) in [5, 5.41) is 7.08. The Labute approximate surface area is 159 Å². The van der Waals surface area contributed by atoms with Crippen molar-refractivity contribution in [3.63, 3.8) is 0 Å². The molecule has 6 heteroatoms. The molecule has 23 heavy (non-hydrogen) atoms. The second kappa shape index (κ2) is 11.3. The average Bonchev–Trinajstić information content (AvgIpc) is 2.57. The lowest BCUT2D eigenvalue weighted by molar-refractivity contribution is 0.780. The Morgan fingerprint density at radius 1 is 1.13 bits per heavy atom. The van der Waals surface area contributed by atoms with Crippen LogP contribution in [-0.2, 0) is 6.54 Å². The Kier molecular flexibility index (Phi) is 9.70. The lowest BCUT2D eigenvalue weighted by atomic mass is 10.3. The first-order chi connectivity index (χ1) is 10.8. The summed E-state index contributed by atoms with van der Waals surface area (Å²) in [6.45, 7) is 3.72. The monoisotopic (exact) mass is 442 g/mol. The first kappa shape index (κ1) is 19.8. The predicted molar refractivity (Wildman–Crippen MR) is 110 cm³/mol. The van der Waals surface area contributed by atoms with Gasteiger partial charge < -0.3 is 10.6 Å². The molecule has 0 fully saturated rings. The normalized spacial score (nSPS) is 12.2. The molecule has 0 saturated carbocycles. The summed E-state index contributed by atoms with van der Waals surface area (Å²) in [6, 6.07) is 16.3. The second-order valence-corrected chi connectivity index (χ2v) is 6.38. The number of hydrogen-bond acceptors (Lipinski definition) is 3. The van der Waals surface area contributed by atoms with Gasteiger partial charge in [0.1, 0.15) is 0 Å². The van der Waals surface area contributed by atoms with Crippen LogP contribution in [0.5, 0.6) is 0 Å². The molecule has 1 aromatic carbocycles. The van der Waals surface area contributed by atoms with Crippen LogP contribution in [0, 0.1) is 0 Å². The van der Waals surface area contributed by atoms with Gasteiger partial charge in [-0.1, -0.05) is 31.2 Å². The van der Waals surface area contributed by atoms with Crippen LogP contribution in [0.25, 0.3) is 0 Å². The fourth-order valence-corrected chi connectivity index (χ4v) is 2.86. The van der Waals surface area contributed by atoms with Crippen molar-refractivity contribution in [2.24, 2.45) is 4.99 Å². The molecule has 0 bridgehead atoms. The number of halogens is 1. The van der Waals surface area contributed by atoms with Crippen LogP contribution >= 0.6 is 35.7 Å². The summed E-state index contributed by atoms with van der Waals surface area (Å²) >= 11 is 1.85. The SMILES string of the molecule is CN=C(NCc1ccccn1)NCC(C)Sc1ccccc1.I. The fraction of sp³-hybridized carbons (Fsp3) is 0.294. The molecule has 124 valence electrons. The van der Waals surface area contributed by atoms with Crippen molar-refractivity contribution < 1.29 is 0 Å². The van der Waals surface area contributed by atoms with E-state index in [-0.39, 0.29) is 24.0 Å². The van der Waals surface area contributed by atoms with Gasteiger partial charge in [-0.25, -0.2) is 0 Å². The molecule has 0 aliphatic rings. The van der Waals surface area contributed by atoms with E-state index in [1.54, 1.807) is 13.2 Å². The van der Waals surface area contributed by atoms with E-state index in [2.05, 4.69) is 51.8 Å². The van der Waals surface area contributed by atoms with Crippen LogP contribution in [0.1, 0.15) is 12.6 Å². The second-order valence-electron chi connectivity index (χ2n) is 4.87. The van der Waals surface area contributed by atoms with E-state index in [1.165, 1.54) is 4.90 Å². The van der Waals surface area contributed by atoms with Gasteiger partial charge in [-0.2, -0.15) is 0 Å². The van der Waals surface area contributed by atoms with Crippen molar-refractivity contribution in [2.45, 2.75) is 23.6 Å². The Hall–Kier alpha value is -1.28. The molecule has 1 heterocycles. The minimum Gasteiger partial charge on any atom is -0.355 e. The van der Waals surface area contributed by atoms with Crippen LogP contribution < -0.4 is 10.6 Å². The van der Waals surface area contributed by atoms with Gasteiger partial charge in [-0.15, -0.1) is 35.7 Å². The highest BCUT2D eigenvalue weighted by molar-refractivity contribution is 14.0. The van der Waals surface area contributed by atoms with Crippen molar-refractivity contribution in [2.75, 3.05) is 13.6 Å². The van der Waals surface area contributed by atoms with Crippen molar-refractivity contribution in [1.82, 2.24) is 15.6 Å². The molecular weight excluding hydrogens is 419 g/mol. The summed E-state index contributed by atoms with van der Waals surface area (Å²) in [5.74, 6) is 0.797. The zero-order valence-corrected chi connectivity index (χ0v) is 16.5. The predicted octanol–water partition coefficient (Wildman–Crippen LogP) is 3.55. The van der Waals surface area contributed by atoms with Crippen molar-refractivity contribution in [1.29, 1.82) is 0 Å². The largest absolute Gasteiger partial charge is 0.355 e. The summed E-state index contributed by atoms with van der Waals surface area (Å²) in [6.07, 6.45) is 1.80. The highest BCUT2D eigenvalue weighted by atomic mass is 127. The Balaban J connectivity index is 0.00000264. The zero-order chi connectivity index (χ0) is 15.6. The van der Waals surface area contributed by atoms with Crippen LogP contribution in [0.2, 0.25) is 0 Å². The highest BCUT2D eigenvalue weighted by Crippen LogP contribution is 2.21. The molecule has 4 nitrogen and oxygen atoms in total. The molecule has 2 N–H and O–H groups in total. The highest BCUT2D eigenvalue weighted by Gasteiger charge is 2.05. The molecule has 0 amide bonds. The van der Waals surface area contributed by atoms with E-state index in [4.69, 9.17) is 0 Å². The first-order valence-corrected chi connectivity index (χ1v) is 8.22. The first-order valence-electron chi connectivity index (χ1n) is 7.34. The molecule has 0 spiro atoms. The van der Waals surface area contributed by atoms with Gasteiger partial charge in [-0.3, -0.25) is 9.98 Å². The molecule has 0 aliphatic heterocycles. The third-order valence-corrected chi connectivity index (χ3v) is 4.14. The van der Waals surface area contributed by atoms with Gasteiger partial charge in [0.15, 0.2) is 5.96 Å². The minimum absolute atomic E-state index is 0. The topological polar surface area (TPSA) is 49.3 Å². The van der Waals surface area contributed by atoms with Crippen LogP contribution in [0.4, 0.5) is 0 Å². The van der Waals surface area contributed by atoms with Gasteiger partial charge >= 0.3 is 0 Å². The average molecular weight is 442 g/mol. The van der Waals surface area contributed by atoms with Crippen molar-refractivity contribution in [3.8, 4) is 0 Å². The molecule has 1 aromatic heterocycles. The lowest BCUT2D eigenvalue weighted by Gasteiger charge is -2.15.